The summed E-state index contributed by atoms with van der Waals surface area (Å²) >= 11 is 0. The number of nitrogens with zero attached hydrogens (tertiary/aromatic N) is 2. The van der Waals surface area contributed by atoms with Crippen molar-refractivity contribution in [3.8, 4) is 5.75 Å². The van der Waals surface area contributed by atoms with Gasteiger partial charge in [0.25, 0.3) is 0 Å². The van der Waals surface area contributed by atoms with Gasteiger partial charge in [-0.05, 0) is 18.2 Å². The highest BCUT2D eigenvalue weighted by Crippen LogP contribution is 2.47. The van der Waals surface area contributed by atoms with E-state index in [1.165, 1.54) is 6.07 Å². The average Bonchev–Trinajstić information content (AvgIpc) is 2.96. The van der Waals surface area contributed by atoms with Crippen LogP contribution in [0.1, 0.15) is 12.0 Å². The van der Waals surface area contributed by atoms with E-state index in [9.17, 15) is 30.7 Å². The predicted molar refractivity (Wildman–Crippen MR) is 81.6 cm³/mol. The summed E-state index contributed by atoms with van der Waals surface area (Å²) in [6.45, 7) is -3.65. The number of alkyl halides is 5. The normalized spacial score (nSPS) is 23.7. The van der Waals surface area contributed by atoms with Gasteiger partial charge in [-0.3, -0.25) is 4.99 Å². The molecule has 4 rings (SSSR count). The maximum Gasteiger partial charge on any atom is 0.417 e. The number of halogens is 7. The Kier molecular flexibility index (Phi) is 4.09. The smallest absolute Gasteiger partial charge is 0.417 e. The summed E-state index contributed by atoms with van der Waals surface area (Å²) < 4.78 is 102. The van der Waals surface area contributed by atoms with Crippen LogP contribution in [0, 0.1) is 11.6 Å². The highest BCUT2D eigenvalue weighted by Gasteiger charge is 2.49. The number of benzene rings is 1. The van der Waals surface area contributed by atoms with Crippen molar-refractivity contribution >= 4 is 5.84 Å². The first kappa shape index (κ1) is 18.6. The van der Waals surface area contributed by atoms with Gasteiger partial charge < -0.3 is 14.4 Å². The van der Waals surface area contributed by atoms with Gasteiger partial charge in [0, 0.05) is 18.2 Å². The summed E-state index contributed by atoms with van der Waals surface area (Å²) in [5.41, 5.74) is -2.37. The molecular weight excluding hydrogens is 397 g/mol. The molecule has 0 aromatic heterocycles. The van der Waals surface area contributed by atoms with Gasteiger partial charge in [0.1, 0.15) is 5.54 Å². The Balaban J connectivity index is 1.82. The van der Waals surface area contributed by atoms with E-state index in [0.717, 1.165) is 17.2 Å². The van der Waals surface area contributed by atoms with E-state index >= 15 is 0 Å². The Hall–Kier alpha value is -2.72. The number of aliphatic imine (C=N–C) groups is 1. The van der Waals surface area contributed by atoms with Crippen molar-refractivity contribution in [2.75, 3.05) is 13.2 Å². The molecule has 0 fully saturated rings. The van der Waals surface area contributed by atoms with E-state index in [1.54, 1.807) is 0 Å². The lowest BCUT2D eigenvalue weighted by Crippen LogP contribution is -2.38. The quantitative estimate of drug-likeness (QED) is 0.687. The summed E-state index contributed by atoms with van der Waals surface area (Å²) in [6, 6.07) is 2.08. The molecule has 4 nitrogen and oxygen atoms in total. The van der Waals surface area contributed by atoms with Crippen LogP contribution in [-0.4, -0.2) is 36.7 Å². The first-order valence-electron chi connectivity index (χ1n) is 8.04. The molecule has 0 radical (unpaired) electrons. The van der Waals surface area contributed by atoms with Gasteiger partial charge in [-0.1, -0.05) is 0 Å². The number of allylic oxidation sites excluding steroid dienone is 2. The molecule has 1 aromatic carbocycles. The molecule has 3 aliphatic rings. The van der Waals surface area contributed by atoms with E-state index in [0.29, 0.717) is 6.08 Å². The van der Waals surface area contributed by atoms with Crippen LogP contribution in [0.15, 0.2) is 40.7 Å². The standard InChI is InChI=1S/C17H11F7N2O2/c18-10-2-1-9-13(12(10)19)27-4-3-16(9)7-26-6-8(17(22,23)24)5-11(14(26)25-16)28-15(20)21/h1-2,5-6,15H,3-4,7H2/t16-/m1/s1. The molecule has 0 N–H and O–H groups in total. The molecule has 0 bridgehead atoms. The Morgan fingerprint density at radius 2 is 1.96 bits per heavy atom. The Morgan fingerprint density at radius 1 is 1.21 bits per heavy atom. The molecule has 150 valence electrons. The van der Waals surface area contributed by atoms with Crippen LogP contribution in [-0.2, 0) is 10.3 Å². The Morgan fingerprint density at radius 3 is 2.64 bits per heavy atom. The van der Waals surface area contributed by atoms with Gasteiger partial charge in [-0.25, -0.2) is 4.39 Å². The van der Waals surface area contributed by atoms with Gasteiger partial charge in [0.2, 0.25) is 5.82 Å². The molecular formula is C17H11F7N2O2. The van der Waals surface area contributed by atoms with Crippen LogP contribution in [0.4, 0.5) is 30.7 Å². The minimum Gasteiger partial charge on any atom is -0.490 e. The first-order valence-corrected chi connectivity index (χ1v) is 8.04. The zero-order chi connectivity index (χ0) is 20.3. The number of ether oxygens (including phenoxy) is 2. The second-order valence-electron chi connectivity index (χ2n) is 6.40. The third-order valence-electron chi connectivity index (χ3n) is 4.68. The van der Waals surface area contributed by atoms with E-state index in [1.807, 2.05) is 0 Å². The lowest BCUT2D eigenvalue weighted by atomic mass is 9.85. The van der Waals surface area contributed by atoms with Crippen LogP contribution in [0.3, 0.4) is 0 Å². The van der Waals surface area contributed by atoms with Crippen molar-refractivity contribution in [2.45, 2.75) is 24.7 Å². The third kappa shape index (κ3) is 2.89. The van der Waals surface area contributed by atoms with Gasteiger partial charge in [0.15, 0.2) is 23.2 Å². The largest absolute Gasteiger partial charge is 0.490 e. The number of rotatable bonds is 2. The number of hydrogen-bond donors (Lipinski definition) is 0. The monoisotopic (exact) mass is 408 g/mol. The molecule has 0 amide bonds. The highest BCUT2D eigenvalue weighted by molar-refractivity contribution is 6.00. The van der Waals surface area contributed by atoms with Crippen molar-refractivity contribution in [3.05, 3.63) is 52.9 Å². The fourth-order valence-corrected chi connectivity index (χ4v) is 3.49. The van der Waals surface area contributed by atoms with Gasteiger partial charge >= 0.3 is 12.8 Å². The fourth-order valence-electron chi connectivity index (χ4n) is 3.49. The Bertz CT molecular complexity index is 923. The highest BCUT2D eigenvalue weighted by atomic mass is 19.4. The molecule has 28 heavy (non-hydrogen) atoms. The molecule has 1 atom stereocenters. The molecule has 1 aromatic rings. The zero-order valence-electron chi connectivity index (χ0n) is 13.9. The molecule has 0 unspecified atom stereocenters. The van der Waals surface area contributed by atoms with Crippen molar-refractivity contribution < 1.29 is 40.2 Å². The van der Waals surface area contributed by atoms with Crippen LogP contribution in [0.2, 0.25) is 0 Å². The van der Waals surface area contributed by atoms with E-state index < -0.39 is 47.0 Å². The maximum atomic E-state index is 14.1. The van der Waals surface area contributed by atoms with E-state index in [4.69, 9.17) is 4.74 Å². The first-order chi connectivity index (χ1) is 13.1. The predicted octanol–water partition coefficient (Wildman–Crippen LogP) is 4.24. The summed E-state index contributed by atoms with van der Waals surface area (Å²) in [5.74, 6) is -3.79. The van der Waals surface area contributed by atoms with Gasteiger partial charge in [-0.2, -0.15) is 26.3 Å². The maximum absolute atomic E-state index is 14.1. The summed E-state index contributed by atoms with van der Waals surface area (Å²) in [4.78, 5) is 5.32. The molecule has 3 aliphatic heterocycles. The number of fused-ring (bicyclic) bond motifs is 3. The van der Waals surface area contributed by atoms with Crippen LogP contribution < -0.4 is 4.74 Å². The summed E-state index contributed by atoms with van der Waals surface area (Å²) in [5, 5.41) is 0. The molecule has 0 saturated carbocycles. The molecule has 1 spiro atoms. The minimum atomic E-state index is -4.80. The average molecular weight is 408 g/mol. The summed E-state index contributed by atoms with van der Waals surface area (Å²) in [6.07, 6.45) is -3.52. The van der Waals surface area contributed by atoms with Crippen molar-refractivity contribution in [2.24, 2.45) is 4.99 Å². The second kappa shape index (κ2) is 6.14. The number of amidine groups is 1. The third-order valence-corrected chi connectivity index (χ3v) is 4.68. The summed E-state index contributed by atoms with van der Waals surface area (Å²) in [7, 11) is 0. The van der Waals surface area contributed by atoms with Crippen molar-refractivity contribution in [1.29, 1.82) is 0 Å². The second-order valence-corrected chi connectivity index (χ2v) is 6.40. The minimum absolute atomic E-state index is 0.0808. The van der Waals surface area contributed by atoms with Crippen molar-refractivity contribution in [3.63, 3.8) is 0 Å². The van der Waals surface area contributed by atoms with Gasteiger partial charge in [0.05, 0.1) is 18.7 Å². The molecule has 3 heterocycles. The van der Waals surface area contributed by atoms with Crippen LogP contribution in [0.25, 0.3) is 0 Å². The van der Waals surface area contributed by atoms with Crippen molar-refractivity contribution in [1.82, 2.24) is 4.90 Å². The van der Waals surface area contributed by atoms with E-state index in [2.05, 4.69) is 9.73 Å². The van der Waals surface area contributed by atoms with Crippen LogP contribution in [0.5, 0.6) is 5.75 Å². The fraction of sp³-hybridized carbons (Fsp3) is 0.353. The zero-order valence-corrected chi connectivity index (χ0v) is 13.9. The molecule has 0 saturated heterocycles. The van der Waals surface area contributed by atoms with Crippen LogP contribution >= 0.6 is 0 Å². The number of hydrogen-bond acceptors (Lipinski definition) is 4. The van der Waals surface area contributed by atoms with E-state index in [-0.39, 0.29) is 31.0 Å². The topological polar surface area (TPSA) is 34.1 Å². The lowest BCUT2D eigenvalue weighted by molar-refractivity contribution is -0.0981. The SMILES string of the molecule is Fc1ccc2c(c1F)OCC[C@@]21CN2C=C(C(F)(F)F)C=C(OC(F)F)C2=N1. The lowest BCUT2D eigenvalue weighted by Gasteiger charge is -2.33. The van der Waals surface area contributed by atoms with Gasteiger partial charge in [-0.15, -0.1) is 0 Å². The molecule has 0 aliphatic carbocycles. The Labute approximate surface area is 153 Å². The molecule has 11 heteroatoms.